The van der Waals surface area contributed by atoms with Crippen LogP contribution in [0.4, 0.5) is 5.69 Å². The minimum atomic E-state index is -0.422. The highest BCUT2D eigenvalue weighted by Crippen LogP contribution is 2.29. The third-order valence-corrected chi connectivity index (χ3v) is 2.99. The van der Waals surface area contributed by atoms with Crippen molar-refractivity contribution in [2.45, 2.75) is 34.1 Å². The number of benzene rings is 1. The molecule has 1 aromatic rings. The highest BCUT2D eigenvalue weighted by atomic mass is 16.3. The van der Waals surface area contributed by atoms with E-state index in [-0.39, 0.29) is 11.7 Å². The molecule has 1 aromatic carbocycles. The number of aryl methyl sites for hydroxylation is 1. The summed E-state index contributed by atoms with van der Waals surface area (Å²) in [4.78, 5) is 11.9. The molecule has 0 spiro atoms. The normalized spacial score (nSPS) is 11.2. The van der Waals surface area contributed by atoms with Crippen molar-refractivity contribution < 1.29 is 9.90 Å². The van der Waals surface area contributed by atoms with Gasteiger partial charge in [-0.25, -0.2) is 0 Å². The van der Waals surface area contributed by atoms with Gasteiger partial charge in [0.2, 0.25) is 5.91 Å². The molecule has 0 aliphatic rings. The maximum Gasteiger partial charge on any atom is 0.230 e. The summed E-state index contributed by atoms with van der Waals surface area (Å²) in [6.07, 6.45) is 0.755. The Labute approximate surface area is 96.5 Å². The highest BCUT2D eigenvalue weighted by Gasteiger charge is 2.26. The molecule has 0 aliphatic carbocycles. The minimum absolute atomic E-state index is 0.0698. The Kier molecular flexibility index (Phi) is 3.58. The van der Waals surface area contributed by atoms with E-state index in [1.54, 1.807) is 12.1 Å². The van der Waals surface area contributed by atoms with E-state index in [0.29, 0.717) is 5.69 Å². The molecular weight excluding hydrogens is 202 g/mol. The minimum Gasteiger partial charge on any atom is -0.506 e. The number of hydrogen-bond donors (Lipinski definition) is 2. The van der Waals surface area contributed by atoms with E-state index in [0.717, 1.165) is 12.0 Å². The SMILES string of the molecule is CCC(C)(C)C(=O)Nc1c(C)cccc1O. The first kappa shape index (κ1) is 12.6. The molecule has 88 valence electrons. The lowest BCUT2D eigenvalue weighted by molar-refractivity contribution is -0.124. The Morgan fingerprint density at radius 3 is 2.56 bits per heavy atom. The number of aromatic hydroxyl groups is 1. The first-order valence-corrected chi connectivity index (χ1v) is 5.48. The number of hydrogen-bond acceptors (Lipinski definition) is 2. The van der Waals surface area contributed by atoms with Crippen LogP contribution in [-0.2, 0) is 4.79 Å². The zero-order valence-corrected chi connectivity index (χ0v) is 10.3. The van der Waals surface area contributed by atoms with Crippen LogP contribution in [0.1, 0.15) is 32.8 Å². The van der Waals surface area contributed by atoms with Crippen molar-refractivity contribution in [1.82, 2.24) is 0 Å². The second-order valence-electron chi connectivity index (χ2n) is 4.66. The third kappa shape index (κ3) is 2.54. The van der Waals surface area contributed by atoms with E-state index in [1.165, 1.54) is 0 Å². The molecule has 0 heterocycles. The monoisotopic (exact) mass is 221 g/mol. The average molecular weight is 221 g/mol. The molecule has 2 N–H and O–H groups in total. The Hall–Kier alpha value is -1.51. The zero-order chi connectivity index (χ0) is 12.3. The number of carbonyl (C=O) groups excluding carboxylic acids is 1. The van der Waals surface area contributed by atoms with Crippen LogP contribution in [0.5, 0.6) is 5.75 Å². The van der Waals surface area contributed by atoms with Gasteiger partial charge in [0.1, 0.15) is 5.75 Å². The first-order chi connectivity index (χ1) is 7.38. The number of carbonyl (C=O) groups is 1. The van der Waals surface area contributed by atoms with Gasteiger partial charge in [-0.1, -0.05) is 32.9 Å². The van der Waals surface area contributed by atoms with E-state index in [2.05, 4.69) is 5.32 Å². The molecule has 0 aromatic heterocycles. The molecule has 0 unspecified atom stereocenters. The largest absolute Gasteiger partial charge is 0.506 e. The fraction of sp³-hybridized carbons (Fsp3) is 0.462. The molecule has 0 fully saturated rings. The zero-order valence-electron chi connectivity index (χ0n) is 10.3. The molecule has 0 saturated heterocycles. The van der Waals surface area contributed by atoms with Crippen LogP contribution in [-0.4, -0.2) is 11.0 Å². The van der Waals surface area contributed by atoms with Crippen molar-refractivity contribution in [2.75, 3.05) is 5.32 Å². The maximum absolute atomic E-state index is 11.9. The molecule has 1 amide bonds. The number of rotatable bonds is 3. The van der Waals surface area contributed by atoms with Crippen molar-refractivity contribution in [2.24, 2.45) is 5.41 Å². The second-order valence-corrected chi connectivity index (χ2v) is 4.66. The van der Waals surface area contributed by atoms with Gasteiger partial charge in [-0.2, -0.15) is 0 Å². The summed E-state index contributed by atoms with van der Waals surface area (Å²) in [5, 5.41) is 12.4. The number of amides is 1. The molecule has 0 aliphatic heterocycles. The Morgan fingerprint density at radius 2 is 2.06 bits per heavy atom. The van der Waals surface area contributed by atoms with Gasteiger partial charge in [-0.15, -0.1) is 0 Å². The highest BCUT2D eigenvalue weighted by molar-refractivity contribution is 5.96. The van der Waals surface area contributed by atoms with Gasteiger partial charge in [-0.3, -0.25) is 4.79 Å². The molecule has 0 radical (unpaired) electrons. The van der Waals surface area contributed by atoms with E-state index in [9.17, 15) is 9.90 Å². The molecule has 16 heavy (non-hydrogen) atoms. The van der Waals surface area contributed by atoms with Gasteiger partial charge in [0.15, 0.2) is 0 Å². The average Bonchev–Trinajstić information content (AvgIpc) is 2.23. The van der Waals surface area contributed by atoms with Crippen LogP contribution in [0.3, 0.4) is 0 Å². The number of phenols is 1. The smallest absolute Gasteiger partial charge is 0.230 e. The van der Waals surface area contributed by atoms with E-state index in [4.69, 9.17) is 0 Å². The Bertz CT molecular complexity index is 377. The number of nitrogens with one attached hydrogen (secondary N) is 1. The summed E-state index contributed by atoms with van der Waals surface area (Å²) >= 11 is 0. The quantitative estimate of drug-likeness (QED) is 0.771. The van der Waals surface area contributed by atoms with Gasteiger partial charge in [-0.05, 0) is 25.0 Å². The molecule has 0 bridgehead atoms. The van der Waals surface area contributed by atoms with Gasteiger partial charge in [0.25, 0.3) is 0 Å². The van der Waals surface area contributed by atoms with Crippen LogP contribution in [0, 0.1) is 12.3 Å². The van der Waals surface area contributed by atoms with Crippen molar-refractivity contribution in [1.29, 1.82) is 0 Å². The first-order valence-electron chi connectivity index (χ1n) is 5.48. The number of anilines is 1. The third-order valence-electron chi connectivity index (χ3n) is 2.99. The molecule has 3 nitrogen and oxygen atoms in total. The summed E-state index contributed by atoms with van der Waals surface area (Å²) in [5.74, 6) is 0.0415. The molecule has 0 atom stereocenters. The lowest BCUT2D eigenvalue weighted by Crippen LogP contribution is -2.30. The topological polar surface area (TPSA) is 49.3 Å². The van der Waals surface area contributed by atoms with E-state index >= 15 is 0 Å². The summed E-state index contributed by atoms with van der Waals surface area (Å²) in [5.41, 5.74) is 0.948. The Balaban J connectivity index is 2.94. The van der Waals surface area contributed by atoms with Gasteiger partial charge >= 0.3 is 0 Å². The van der Waals surface area contributed by atoms with Crippen LogP contribution < -0.4 is 5.32 Å². The summed E-state index contributed by atoms with van der Waals surface area (Å²) < 4.78 is 0. The standard InChI is InChI=1S/C13H19NO2/c1-5-13(3,4)12(16)14-11-9(2)7-6-8-10(11)15/h6-8,15H,5H2,1-4H3,(H,14,16). The second kappa shape index (κ2) is 4.56. The van der Waals surface area contributed by atoms with Crippen molar-refractivity contribution in [3.8, 4) is 5.75 Å². The molecule has 3 heteroatoms. The van der Waals surface area contributed by atoms with E-state index < -0.39 is 5.41 Å². The van der Waals surface area contributed by atoms with Crippen molar-refractivity contribution in [3.05, 3.63) is 23.8 Å². The predicted octanol–water partition coefficient (Wildman–Crippen LogP) is 3.08. The molecule has 0 saturated carbocycles. The molecule has 1 rings (SSSR count). The van der Waals surface area contributed by atoms with Gasteiger partial charge < -0.3 is 10.4 Å². The summed E-state index contributed by atoms with van der Waals surface area (Å²) in [7, 11) is 0. The van der Waals surface area contributed by atoms with Gasteiger partial charge in [0, 0.05) is 5.41 Å². The number of para-hydroxylation sites is 1. The van der Waals surface area contributed by atoms with Crippen LogP contribution >= 0.6 is 0 Å². The summed E-state index contributed by atoms with van der Waals surface area (Å²) in [6, 6.07) is 5.18. The maximum atomic E-state index is 11.9. The number of phenolic OH excluding ortho intramolecular Hbond substituents is 1. The van der Waals surface area contributed by atoms with E-state index in [1.807, 2.05) is 33.8 Å². The van der Waals surface area contributed by atoms with Crippen LogP contribution in [0.2, 0.25) is 0 Å². The molecular formula is C13H19NO2. The Morgan fingerprint density at radius 1 is 1.44 bits per heavy atom. The van der Waals surface area contributed by atoms with Crippen LogP contribution in [0.25, 0.3) is 0 Å². The summed E-state index contributed by atoms with van der Waals surface area (Å²) in [6.45, 7) is 7.60. The van der Waals surface area contributed by atoms with Crippen molar-refractivity contribution >= 4 is 11.6 Å². The lowest BCUT2D eigenvalue weighted by Gasteiger charge is -2.22. The fourth-order valence-corrected chi connectivity index (χ4v) is 1.26. The van der Waals surface area contributed by atoms with Crippen molar-refractivity contribution in [3.63, 3.8) is 0 Å². The van der Waals surface area contributed by atoms with Gasteiger partial charge in [0.05, 0.1) is 5.69 Å². The van der Waals surface area contributed by atoms with Crippen LogP contribution in [0.15, 0.2) is 18.2 Å². The predicted molar refractivity (Wildman–Crippen MR) is 65.5 cm³/mol. The fourth-order valence-electron chi connectivity index (χ4n) is 1.26. The lowest BCUT2D eigenvalue weighted by atomic mass is 9.89.